The summed E-state index contributed by atoms with van der Waals surface area (Å²) in [4.78, 5) is 38.4. The number of hydrogen-bond acceptors (Lipinski definition) is 5. The molecule has 0 saturated heterocycles. The lowest BCUT2D eigenvalue weighted by atomic mass is 9.87. The summed E-state index contributed by atoms with van der Waals surface area (Å²) in [5.41, 5.74) is 9.38. The molecule has 3 aromatic heterocycles. The SMILES string of the molecule is CC.COc1ccc(CNC(=O)c2cccc(-c3cc4c(cn3)CCc3c-4[nH]c4c3C(=O)NC3(CC3)C4)c2)cn1. The Morgan fingerprint density at radius 1 is 1.07 bits per heavy atom. The zero-order chi connectivity index (χ0) is 27.9. The zero-order valence-electron chi connectivity index (χ0n) is 23.1. The lowest BCUT2D eigenvalue weighted by molar-refractivity contribution is 0.0915. The molecular weight excluding hydrogens is 502 g/mol. The van der Waals surface area contributed by atoms with Crippen molar-refractivity contribution in [3.05, 3.63) is 88.4 Å². The van der Waals surface area contributed by atoms with Crippen molar-refractivity contribution < 1.29 is 14.3 Å². The number of hydrogen-bond donors (Lipinski definition) is 3. The highest BCUT2D eigenvalue weighted by Gasteiger charge is 2.49. The molecule has 1 aliphatic heterocycles. The molecule has 0 unspecified atom stereocenters. The van der Waals surface area contributed by atoms with Crippen LogP contribution in [0.3, 0.4) is 0 Å². The van der Waals surface area contributed by atoms with E-state index in [0.717, 1.165) is 77.0 Å². The molecule has 4 aromatic rings. The van der Waals surface area contributed by atoms with Crippen LogP contribution >= 0.6 is 0 Å². The molecule has 204 valence electrons. The van der Waals surface area contributed by atoms with E-state index in [1.807, 2.05) is 44.3 Å². The largest absolute Gasteiger partial charge is 0.481 e. The number of carbonyl (C=O) groups is 2. The topological polar surface area (TPSA) is 109 Å². The fourth-order valence-corrected chi connectivity index (χ4v) is 5.69. The van der Waals surface area contributed by atoms with Gasteiger partial charge in [0.05, 0.1) is 24.1 Å². The Morgan fingerprint density at radius 3 is 2.67 bits per heavy atom. The monoisotopic (exact) mass is 535 g/mol. The van der Waals surface area contributed by atoms with Gasteiger partial charge in [0.25, 0.3) is 11.8 Å². The molecule has 3 N–H and O–H groups in total. The van der Waals surface area contributed by atoms with Crippen molar-refractivity contribution in [2.45, 2.75) is 58.0 Å². The maximum Gasteiger partial charge on any atom is 0.253 e. The van der Waals surface area contributed by atoms with E-state index in [1.165, 1.54) is 5.56 Å². The van der Waals surface area contributed by atoms with E-state index >= 15 is 0 Å². The van der Waals surface area contributed by atoms with Crippen LogP contribution in [0, 0.1) is 0 Å². The molecule has 0 atom stereocenters. The number of methoxy groups -OCH3 is 1. The number of rotatable bonds is 5. The number of pyridine rings is 2. The van der Waals surface area contributed by atoms with Gasteiger partial charge in [-0.1, -0.05) is 32.0 Å². The van der Waals surface area contributed by atoms with Gasteiger partial charge in [0, 0.05) is 59.3 Å². The van der Waals surface area contributed by atoms with Crippen LogP contribution < -0.4 is 15.4 Å². The highest BCUT2D eigenvalue weighted by Crippen LogP contribution is 2.45. The van der Waals surface area contributed by atoms with Gasteiger partial charge in [-0.2, -0.15) is 0 Å². The molecule has 8 heteroatoms. The Morgan fingerprint density at radius 2 is 1.93 bits per heavy atom. The predicted molar refractivity (Wildman–Crippen MR) is 153 cm³/mol. The molecule has 4 heterocycles. The van der Waals surface area contributed by atoms with Crippen LogP contribution in [0.25, 0.3) is 22.5 Å². The molecule has 0 radical (unpaired) electrons. The number of aryl methyl sites for hydroxylation is 1. The first-order valence-electron chi connectivity index (χ1n) is 13.9. The predicted octanol–water partition coefficient (Wildman–Crippen LogP) is 5.02. The second kappa shape index (κ2) is 10.3. The number of benzene rings is 1. The number of ether oxygens (including phenoxy) is 1. The van der Waals surface area contributed by atoms with Gasteiger partial charge in [-0.25, -0.2) is 4.98 Å². The highest BCUT2D eigenvalue weighted by atomic mass is 16.5. The average molecular weight is 536 g/mol. The van der Waals surface area contributed by atoms with Crippen LogP contribution in [0.1, 0.15) is 69.8 Å². The van der Waals surface area contributed by atoms with Crippen molar-refractivity contribution in [2.75, 3.05) is 7.11 Å². The minimum atomic E-state index is -0.167. The van der Waals surface area contributed by atoms with E-state index < -0.39 is 0 Å². The summed E-state index contributed by atoms with van der Waals surface area (Å²) in [6, 6.07) is 13.2. The van der Waals surface area contributed by atoms with Gasteiger partial charge >= 0.3 is 0 Å². The van der Waals surface area contributed by atoms with E-state index in [-0.39, 0.29) is 17.4 Å². The molecule has 7 rings (SSSR count). The third-order valence-corrected chi connectivity index (χ3v) is 7.94. The number of carbonyl (C=O) groups excluding carboxylic acids is 2. The second-order valence-electron chi connectivity index (χ2n) is 10.4. The number of nitrogens with zero attached hydrogens (tertiary/aromatic N) is 2. The normalized spacial score (nSPS) is 15.5. The van der Waals surface area contributed by atoms with E-state index in [4.69, 9.17) is 9.72 Å². The fourth-order valence-electron chi connectivity index (χ4n) is 5.69. The Kier molecular flexibility index (Phi) is 6.62. The fraction of sp³-hybridized carbons (Fsp3) is 0.312. The molecule has 2 aliphatic carbocycles. The third kappa shape index (κ3) is 4.63. The molecule has 0 bridgehead atoms. The quantitative estimate of drug-likeness (QED) is 0.333. The number of nitrogens with one attached hydrogen (secondary N) is 3. The van der Waals surface area contributed by atoms with Crippen molar-refractivity contribution in [2.24, 2.45) is 0 Å². The molecule has 1 saturated carbocycles. The summed E-state index contributed by atoms with van der Waals surface area (Å²) in [7, 11) is 1.57. The number of aromatic amines is 1. The van der Waals surface area contributed by atoms with Crippen molar-refractivity contribution >= 4 is 11.8 Å². The second-order valence-corrected chi connectivity index (χ2v) is 10.4. The molecule has 2 amide bonds. The van der Waals surface area contributed by atoms with Crippen molar-refractivity contribution in [1.29, 1.82) is 0 Å². The van der Waals surface area contributed by atoms with Gasteiger partial charge in [-0.05, 0) is 60.6 Å². The van der Waals surface area contributed by atoms with Crippen LogP contribution in [-0.4, -0.2) is 39.4 Å². The van der Waals surface area contributed by atoms with E-state index in [9.17, 15) is 9.59 Å². The minimum absolute atomic E-state index is 0.0331. The first-order valence-corrected chi connectivity index (χ1v) is 13.9. The van der Waals surface area contributed by atoms with Crippen molar-refractivity contribution in [3.63, 3.8) is 0 Å². The summed E-state index contributed by atoms with van der Waals surface area (Å²) < 4.78 is 5.09. The lowest BCUT2D eigenvalue weighted by Gasteiger charge is -2.24. The van der Waals surface area contributed by atoms with E-state index in [2.05, 4.69) is 26.7 Å². The lowest BCUT2D eigenvalue weighted by Crippen LogP contribution is -2.43. The first-order chi connectivity index (χ1) is 19.5. The Labute approximate surface area is 233 Å². The van der Waals surface area contributed by atoms with Gasteiger partial charge in [0.1, 0.15) is 0 Å². The first kappa shape index (κ1) is 25.8. The standard InChI is InChI=1S/C30H27N5O3.C2H6/c1-38-25-8-5-17(14-32-25)15-33-28(36)19-4-2-3-18(11-19)23-12-22-20(16-31-23)6-7-21-26-24(34-27(21)22)13-30(9-10-30)35-29(26)37;1-2/h2-5,8,11-12,14,16,34H,6-7,9-10,13,15H2,1H3,(H,33,36)(H,35,37);1-2H3. The van der Waals surface area contributed by atoms with E-state index in [0.29, 0.717) is 18.0 Å². The van der Waals surface area contributed by atoms with Gasteiger partial charge in [0.15, 0.2) is 0 Å². The average Bonchev–Trinajstić information content (AvgIpc) is 3.62. The number of amides is 2. The number of aromatic nitrogens is 3. The molecular formula is C32H33N5O3. The van der Waals surface area contributed by atoms with E-state index in [1.54, 1.807) is 25.4 Å². The molecule has 1 spiro atoms. The summed E-state index contributed by atoms with van der Waals surface area (Å²) in [6.45, 7) is 4.37. The third-order valence-electron chi connectivity index (χ3n) is 7.94. The van der Waals surface area contributed by atoms with Crippen LogP contribution in [0.15, 0.2) is 54.9 Å². The maximum absolute atomic E-state index is 13.0. The maximum atomic E-state index is 13.0. The summed E-state index contributed by atoms with van der Waals surface area (Å²) >= 11 is 0. The summed E-state index contributed by atoms with van der Waals surface area (Å²) in [5.74, 6) is 0.426. The van der Waals surface area contributed by atoms with Crippen LogP contribution in [-0.2, 0) is 25.8 Å². The van der Waals surface area contributed by atoms with Gasteiger partial charge in [-0.3, -0.25) is 14.6 Å². The Bertz CT molecular complexity index is 1600. The Hall–Kier alpha value is -4.46. The molecule has 3 aliphatic rings. The minimum Gasteiger partial charge on any atom is -0.481 e. The number of fused-ring (bicyclic) bond motifs is 5. The molecule has 1 aromatic carbocycles. The van der Waals surface area contributed by atoms with Crippen LogP contribution in [0.5, 0.6) is 5.88 Å². The van der Waals surface area contributed by atoms with Crippen molar-refractivity contribution in [1.82, 2.24) is 25.6 Å². The van der Waals surface area contributed by atoms with Crippen LogP contribution in [0.4, 0.5) is 0 Å². The number of H-pyrrole nitrogens is 1. The van der Waals surface area contributed by atoms with Crippen molar-refractivity contribution in [3.8, 4) is 28.4 Å². The van der Waals surface area contributed by atoms with Gasteiger partial charge < -0.3 is 20.4 Å². The highest BCUT2D eigenvalue weighted by molar-refractivity contribution is 6.01. The van der Waals surface area contributed by atoms with Gasteiger partial charge in [-0.15, -0.1) is 0 Å². The smallest absolute Gasteiger partial charge is 0.253 e. The molecule has 40 heavy (non-hydrogen) atoms. The zero-order valence-corrected chi connectivity index (χ0v) is 23.1. The van der Waals surface area contributed by atoms with Gasteiger partial charge in [0.2, 0.25) is 5.88 Å². The Balaban J connectivity index is 0.00000142. The summed E-state index contributed by atoms with van der Waals surface area (Å²) in [6.07, 6.45) is 8.27. The molecule has 1 fully saturated rings. The summed E-state index contributed by atoms with van der Waals surface area (Å²) in [5, 5.41) is 6.20. The molecule has 8 nitrogen and oxygen atoms in total. The van der Waals surface area contributed by atoms with Crippen LogP contribution in [0.2, 0.25) is 0 Å².